The van der Waals surface area contributed by atoms with Crippen LogP contribution < -0.4 is 15.8 Å². The molecular weight excluding hydrogens is 462 g/mol. The number of amides is 2. The number of rotatable bonds is 3. The largest absolute Gasteiger partial charge is 0.487 e. The maximum Gasteiger partial charge on any atom is 0.409 e. The summed E-state index contributed by atoms with van der Waals surface area (Å²) in [7, 11) is 0. The minimum atomic E-state index is -0.454. The van der Waals surface area contributed by atoms with Gasteiger partial charge in [0.2, 0.25) is 0 Å². The van der Waals surface area contributed by atoms with Gasteiger partial charge in [0.05, 0.1) is 18.2 Å². The number of nitrogens with one attached hydrogen (secondary N) is 1. The molecule has 0 radical (unpaired) electrons. The predicted molar refractivity (Wildman–Crippen MR) is 121 cm³/mol. The molecule has 4 rings (SSSR count). The molecule has 8 heteroatoms. The van der Waals surface area contributed by atoms with Crippen molar-refractivity contribution >= 4 is 33.6 Å². The molecule has 1 atom stereocenters. The summed E-state index contributed by atoms with van der Waals surface area (Å²) >= 11 is 3.52. The highest BCUT2D eigenvalue weighted by Crippen LogP contribution is 2.45. The van der Waals surface area contributed by atoms with Crippen LogP contribution in [0.1, 0.15) is 48.1 Å². The zero-order valence-electron chi connectivity index (χ0n) is 17.4. The molecule has 2 aromatic carbocycles. The van der Waals surface area contributed by atoms with Crippen LogP contribution in [0.15, 0.2) is 46.9 Å². The van der Waals surface area contributed by atoms with Crippen LogP contribution in [0.3, 0.4) is 0 Å². The molecule has 1 saturated heterocycles. The molecule has 2 amide bonds. The number of fused-ring (bicyclic) bond motifs is 1. The number of halogens is 1. The molecule has 0 aliphatic carbocycles. The maximum absolute atomic E-state index is 13.0. The summed E-state index contributed by atoms with van der Waals surface area (Å²) < 4.78 is 12.5. The third-order valence-electron chi connectivity index (χ3n) is 5.96. The molecule has 2 aromatic rings. The number of hydrogen-bond donors (Lipinski definition) is 2. The van der Waals surface area contributed by atoms with Gasteiger partial charge in [0.1, 0.15) is 11.4 Å². The highest BCUT2D eigenvalue weighted by molar-refractivity contribution is 9.10. The molecule has 0 unspecified atom stereocenters. The summed E-state index contributed by atoms with van der Waals surface area (Å²) in [5.41, 5.74) is 7.38. The standard InChI is InChI=1S/C23H26BrN3O4/c1-2-30-22(29)27-11-9-23(10-12-27)14-19(17-13-15(24)7-8-20(17)31-23)26-21(28)16-5-3-4-6-18(16)25/h3-8,13,19H,2,9-12,14,25H2,1H3,(H,26,28)/t19-/m0/s1. The summed E-state index contributed by atoms with van der Waals surface area (Å²) in [6.07, 6.45) is 1.66. The summed E-state index contributed by atoms with van der Waals surface area (Å²) in [6, 6.07) is 12.6. The fourth-order valence-corrected chi connectivity index (χ4v) is 4.71. The van der Waals surface area contributed by atoms with E-state index in [0.717, 1.165) is 15.8 Å². The molecule has 164 valence electrons. The fraction of sp³-hybridized carbons (Fsp3) is 0.391. The number of nitrogens with two attached hydrogens (primary N) is 1. The zero-order chi connectivity index (χ0) is 22.0. The molecule has 0 bridgehead atoms. The van der Waals surface area contributed by atoms with E-state index < -0.39 is 5.60 Å². The quantitative estimate of drug-likeness (QED) is 0.630. The Labute approximate surface area is 190 Å². The van der Waals surface area contributed by atoms with Crippen LogP contribution in [-0.2, 0) is 4.74 Å². The second-order valence-corrected chi connectivity index (χ2v) is 8.89. The van der Waals surface area contributed by atoms with Crippen molar-refractivity contribution in [1.29, 1.82) is 0 Å². The number of carbonyl (C=O) groups is 2. The van der Waals surface area contributed by atoms with Gasteiger partial charge >= 0.3 is 6.09 Å². The second-order valence-electron chi connectivity index (χ2n) is 7.97. The number of carbonyl (C=O) groups excluding carboxylic acids is 2. The van der Waals surface area contributed by atoms with Crippen molar-refractivity contribution in [2.24, 2.45) is 0 Å². The monoisotopic (exact) mass is 487 g/mol. The third kappa shape index (κ3) is 4.49. The van der Waals surface area contributed by atoms with E-state index in [4.69, 9.17) is 15.2 Å². The number of likely N-dealkylation sites (tertiary alicyclic amines) is 1. The van der Waals surface area contributed by atoms with Gasteiger partial charge in [0.25, 0.3) is 5.91 Å². The minimum Gasteiger partial charge on any atom is -0.487 e. The van der Waals surface area contributed by atoms with Gasteiger partial charge in [-0.2, -0.15) is 0 Å². The normalized spacial score (nSPS) is 19.3. The molecule has 2 aliphatic rings. The van der Waals surface area contributed by atoms with Gasteiger partial charge in [-0.1, -0.05) is 28.1 Å². The van der Waals surface area contributed by atoms with E-state index in [9.17, 15) is 9.59 Å². The molecular formula is C23H26BrN3O4. The van der Waals surface area contributed by atoms with E-state index in [2.05, 4.69) is 21.2 Å². The number of benzene rings is 2. The van der Waals surface area contributed by atoms with Gasteiger partial charge in [0, 0.05) is 48.1 Å². The van der Waals surface area contributed by atoms with Crippen LogP contribution in [0.5, 0.6) is 5.75 Å². The van der Waals surface area contributed by atoms with Crippen molar-refractivity contribution in [3.63, 3.8) is 0 Å². The van der Waals surface area contributed by atoms with Crippen LogP contribution in [0.2, 0.25) is 0 Å². The van der Waals surface area contributed by atoms with Gasteiger partial charge < -0.3 is 25.4 Å². The van der Waals surface area contributed by atoms with Crippen molar-refractivity contribution in [2.45, 2.75) is 37.8 Å². The Morgan fingerprint density at radius 3 is 2.71 bits per heavy atom. The van der Waals surface area contributed by atoms with Crippen LogP contribution in [0.4, 0.5) is 10.5 Å². The summed E-state index contributed by atoms with van der Waals surface area (Å²) in [6.45, 7) is 3.26. The molecule has 31 heavy (non-hydrogen) atoms. The fourth-order valence-electron chi connectivity index (χ4n) is 4.33. The number of nitrogen functional groups attached to an aromatic ring is 1. The highest BCUT2D eigenvalue weighted by Gasteiger charge is 2.44. The first kappa shape index (κ1) is 21.5. The number of nitrogens with zero attached hydrogens (tertiary/aromatic N) is 1. The molecule has 2 aliphatic heterocycles. The molecule has 1 fully saturated rings. The Kier molecular flexibility index (Phi) is 6.09. The van der Waals surface area contributed by atoms with Crippen LogP contribution in [-0.4, -0.2) is 42.2 Å². The highest BCUT2D eigenvalue weighted by atomic mass is 79.9. The molecule has 1 spiro atoms. The molecule has 3 N–H and O–H groups in total. The molecule has 2 heterocycles. The Morgan fingerprint density at radius 2 is 2.00 bits per heavy atom. The summed E-state index contributed by atoms with van der Waals surface area (Å²) in [5, 5.41) is 3.16. The SMILES string of the molecule is CCOC(=O)N1CCC2(CC1)C[C@H](NC(=O)c1ccccc1N)c1cc(Br)ccc1O2. The number of anilines is 1. The van der Waals surface area contributed by atoms with E-state index >= 15 is 0 Å². The zero-order valence-corrected chi connectivity index (χ0v) is 19.0. The summed E-state index contributed by atoms with van der Waals surface area (Å²) in [4.78, 5) is 26.8. The third-order valence-corrected chi connectivity index (χ3v) is 6.45. The van der Waals surface area contributed by atoms with Crippen molar-refractivity contribution in [2.75, 3.05) is 25.4 Å². The number of ether oxygens (including phenoxy) is 2. The number of hydrogen-bond acceptors (Lipinski definition) is 5. The summed E-state index contributed by atoms with van der Waals surface area (Å²) in [5.74, 6) is 0.542. The Balaban J connectivity index is 1.57. The average Bonchev–Trinajstić information content (AvgIpc) is 2.75. The van der Waals surface area contributed by atoms with E-state index in [-0.39, 0.29) is 18.0 Å². The lowest BCUT2D eigenvalue weighted by atomic mass is 9.80. The first-order valence-corrected chi connectivity index (χ1v) is 11.3. The van der Waals surface area contributed by atoms with Crippen molar-refractivity contribution < 1.29 is 19.1 Å². The predicted octanol–water partition coefficient (Wildman–Crippen LogP) is 4.28. The lowest BCUT2D eigenvalue weighted by Gasteiger charge is -2.46. The van der Waals surface area contributed by atoms with Crippen LogP contribution in [0, 0.1) is 0 Å². The van der Waals surface area contributed by atoms with Gasteiger partial charge in [-0.25, -0.2) is 4.79 Å². The van der Waals surface area contributed by atoms with Crippen molar-refractivity contribution in [3.05, 3.63) is 58.1 Å². The molecule has 0 saturated carbocycles. The Hall–Kier alpha value is -2.74. The molecule has 7 nitrogen and oxygen atoms in total. The van der Waals surface area contributed by atoms with Gasteiger partial charge in [0.15, 0.2) is 0 Å². The smallest absolute Gasteiger partial charge is 0.409 e. The second kappa shape index (κ2) is 8.78. The minimum absolute atomic E-state index is 0.213. The Bertz CT molecular complexity index is 989. The first-order valence-electron chi connectivity index (χ1n) is 10.5. The molecule has 0 aromatic heterocycles. The topological polar surface area (TPSA) is 93.9 Å². The van der Waals surface area contributed by atoms with Gasteiger partial charge in [-0.05, 0) is 37.3 Å². The van der Waals surface area contributed by atoms with Crippen molar-refractivity contribution in [1.82, 2.24) is 10.2 Å². The van der Waals surface area contributed by atoms with Crippen molar-refractivity contribution in [3.8, 4) is 5.75 Å². The van der Waals surface area contributed by atoms with Crippen LogP contribution in [0.25, 0.3) is 0 Å². The van der Waals surface area contributed by atoms with E-state index in [1.165, 1.54) is 0 Å². The first-order chi connectivity index (χ1) is 14.9. The maximum atomic E-state index is 13.0. The van der Waals surface area contributed by atoms with Gasteiger partial charge in [-0.3, -0.25) is 4.79 Å². The van der Waals surface area contributed by atoms with E-state index in [0.29, 0.717) is 50.2 Å². The lowest BCUT2D eigenvalue weighted by Crippen LogP contribution is -2.53. The number of piperidine rings is 1. The lowest BCUT2D eigenvalue weighted by molar-refractivity contribution is -0.0233. The van der Waals surface area contributed by atoms with Gasteiger partial charge in [-0.15, -0.1) is 0 Å². The van der Waals surface area contributed by atoms with E-state index in [1.54, 1.807) is 36.1 Å². The Morgan fingerprint density at radius 1 is 1.26 bits per heavy atom. The average molecular weight is 488 g/mol. The van der Waals surface area contributed by atoms with Crippen LogP contribution >= 0.6 is 15.9 Å². The number of para-hydroxylation sites is 1. The van der Waals surface area contributed by atoms with E-state index in [1.807, 2.05) is 18.2 Å².